The molecular weight excluding hydrogens is 327 g/mol. The second-order valence-electron chi connectivity index (χ2n) is 5.08. The summed E-state index contributed by atoms with van der Waals surface area (Å²) in [5.41, 5.74) is 1.53. The van der Waals surface area contributed by atoms with Gasteiger partial charge < -0.3 is 4.42 Å². The number of allylic oxidation sites excluding steroid dienone is 1. The van der Waals surface area contributed by atoms with Crippen molar-refractivity contribution in [3.63, 3.8) is 0 Å². The molecule has 1 aromatic heterocycles. The van der Waals surface area contributed by atoms with Crippen LogP contribution in [-0.4, -0.2) is 4.98 Å². The standard InChI is InChI=1S/C17H11ClF3NO/c1-10(7-11-3-2-4-12(8-11)17(19,20)21)16-22-14-9-13(18)5-6-15(14)23-16/h2-9H,1H3. The number of fused-ring (bicyclic) bond motifs is 1. The molecule has 0 saturated heterocycles. The van der Waals surface area contributed by atoms with Gasteiger partial charge in [-0.3, -0.25) is 0 Å². The second kappa shape index (κ2) is 5.74. The van der Waals surface area contributed by atoms with E-state index in [0.717, 1.165) is 12.1 Å². The lowest BCUT2D eigenvalue weighted by Gasteiger charge is -2.07. The number of nitrogens with zero attached hydrogens (tertiary/aromatic N) is 1. The minimum atomic E-state index is -4.37. The van der Waals surface area contributed by atoms with Gasteiger partial charge in [0.1, 0.15) is 5.52 Å². The van der Waals surface area contributed by atoms with E-state index >= 15 is 0 Å². The van der Waals surface area contributed by atoms with E-state index in [1.165, 1.54) is 6.07 Å². The van der Waals surface area contributed by atoms with Crippen molar-refractivity contribution in [1.29, 1.82) is 0 Å². The van der Waals surface area contributed by atoms with Crippen LogP contribution in [0.15, 0.2) is 46.9 Å². The monoisotopic (exact) mass is 337 g/mol. The summed E-state index contributed by atoms with van der Waals surface area (Å²) < 4.78 is 43.8. The fourth-order valence-corrected chi connectivity index (χ4v) is 2.35. The molecule has 6 heteroatoms. The molecule has 3 aromatic rings. The molecule has 0 spiro atoms. The van der Waals surface area contributed by atoms with Gasteiger partial charge >= 0.3 is 6.18 Å². The van der Waals surface area contributed by atoms with E-state index in [1.807, 2.05) is 0 Å². The third-order valence-electron chi connectivity index (χ3n) is 3.28. The van der Waals surface area contributed by atoms with Crippen LogP contribution in [0, 0.1) is 0 Å². The molecule has 0 radical (unpaired) electrons. The predicted octanol–water partition coefficient (Wildman–Crippen LogP) is 6.06. The first-order valence-corrected chi connectivity index (χ1v) is 7.13. The topological polar surface area (TPSA) is 26.0 Å². The quantitative estimate of drug-likeness (QED) is 0.568. The summed E-state index contributed by atoms with van der Waals surface area (Å²) in [5.74, 6) is 0.347. The Bertz CT molecular complexity index is 896. The first kappa shape index (κ1) is 15.6. The maximum absolute atomic E-state index is 12.7. The molecule has 0 N–H and O–H groups in total. The summed E-state index contributed by atoms with van der Waals surface area (Å²) in [5, 5.41) is 0.539. The number of alkyl halides is 3. The van der Waals surface area contributed by atoms with Crippen molar-refractivity contribution in [3.05, 3.63) is 64.5 Å². The van der Waals surface area contributed by atoms with Gasteiger partial charge in [-0.2, -0.15) is 13.2 Å². The van der Waals surface area contributed by atoms with Crippen LogP contribution in [0.2, 0.25) is 5.02 Å². The zero-order valence-corrected chi connectivity index (χ0v) is 12.7. The number of benzene rings is 2. The van der Waals surface area contributed by atoms with E-state index in [2.05, 4.69) is 4.98 Å². The van der Waals surface area contributed by atoms with Gasteiger partial charge in [0, 0.05) is 10.6 Å². The molecule has 3 rings (SSSR count). The fraction of sp³-hybridized carbons (Fsp3) is 0.118. The summed E-state index contributed by atoms with van der Waals surface area (Å²) >= 11 is 5.89. The third kappa shape index (κ3) is 3.40. The average Bonchev–Trinajstić information content (AvgIpc) is 2.90. The maximum Gasteiger partial charge on any atom is 0.416 e. The SMILES string of the molecule is CC(=Cc1cccc(C(F)(F)F)c1)c1nc2cc(Cl)ccc2o1. The summed E-state index contributed by atoms with van der Waals surface area (Å²) in [6.07, 6.45) is -2.77. The molecule has 0 bridgehead atoms. The molecule has 0 saturated carbocycles. The number of halogens is 4. The van der Waals surface area contributed by atoms with E-state index in [1.54, 1.807) is 37.3 Å². The molecule has 0 aliphatic heterocycles. The molecule has 118 valence electrons. The van der Waals surface area contributed by atoms with E-state index in [9.17, 15) is 13.2 Å². The molecule has 0 amide bonds. The first-order valence-electron chi connectivity index (χ1n) is 6.75. The summed E-state index contributed by atoms with van der Waals surface area (Å²) in [6.45, 7) is 1.73. The largest absolute Gasteiger partial charge is 0.436 e. The molecule has 2 aromatic carbocycles. The van der Waals surface area contributed by atoms with E-state index in [0.29, 0.717) is 33.1 Å². The van der Waals surface area contributed by atoms with E-state index in [4.69, 9.17) is 16.0 Å². The Morgan fingerprint density at radius 3 is 2.70 bits per heavy atom. The highest BCUT2D eigenvalue weighted by Gasteiger charge is 2.30. The van der Waals surface area contributed by atoms with Crippen LogP contribution in [-0.2, 0) is 6.18 Å². The Labute approximate surface area is 135 Å². The van der Waals surface area contributed by atoms with Crippen molar-refractivity contribution in [2.24, 2.45) is 0 Å². The molecule has 0 fully saturated rings. The van der Waals surface area contributed by atoms with Crippen LogP contribution in [0.3, 0.4) is 0 Å². The molecule has 0 aliphatic carbocycles. The molecule has 1 heterocycles. The van der Waals surface area contributed by atoms with Gasteiger partial charge in [0.05, 0.1) is 5.56 Å². The highest BCUT2D eigenvalue weighted by atomic mass is 35.5. The summed E-state index contributed by atoms with van der Waals surface area (Å²) in [7, 11) is 0. The summed E-state index contributed by atoms with van der Waals surface area (Å²) in [4.78, 5) is 4.30. The second-order valence-corrected chi connectivity index (χ2v) is 5.52. The van der Waals surface area contributed by atoms with Crippen molar-refractivity contribution >= 4 is 34.3 Å². The van der Waals surface area contributed by atoms with Crippen molar-refractivity contribution in [2.75, 3.05) is 0 Å². The number of rotatable bonds is 2. The van der Waals surface area contributed by atoms with Gasteiger partial charge in [-0.1, -0.05) is 23.7 Å². The lowest BCUT2D eigenvalue weighted by atomic mass is 10.1. The van der Waals surface area contributed by atoms with Crippen LogP contribution in [0.1, 0.15) is 23.9 Å². The van der Waals surface area contributed by atoms with Crippen LogP contribution in [0.25, 0.3) is 22.7 Å². The van der Waals surface area contributed by atoms with Gasteiger partial charge in [0.15, 0.2) is 5.58 Å². The highest BCUT2D eigenvalue weighted by molar-refractivity contribution is 6.31. The lowest BCUT2D eigenvalue weighted by molar-refractivity contribution is -0.137. The number of oxazole rings is 1. The Balaban J connectivity index is 1.98. The first-order chi connectivity index (χ1) is 10.8. The maximum atomic E-state index is 12.7. The van der Waals surface area contributed by atoms with Gasteiger partial charge in [0.25, 0.3) is 0 Å². The smallest absolute Gasteiger partial charge is 0.416 e. The van der Waals surface area contributed by atoms with Crippen LogP contribution >= 0.6 is 11.6 Å². The highest BCUT2D eigenvalue weighted by Crippen LogP contribution is 2.30. The Morgan fingerprint density at radius 1 is 1.17 bits per heavy atom. The van der Waals surface area contributed by atoms with Crippen molar-refractivity contribution in [3.8, 4) is 0 Å². The van der Waals surface area contributed by atoms with Gasteiger partial charge in [-0.05, 0) is 48.9 Å². The van der Waals surface area contributed by atoms with Crippen LogP contribution in [0.5, 0.6) is 0 Å². The number of aromatic nitrogens is 1. The van der Waals surface area contributed by atoms with Gasteiger partial charge in [-0.15, -0.1) is 0 Å². The zero-order chi connectivity index (χ0) is 16.6. The Kier molecular flexibility index (Phi) is 3.90. The minimum Gasteiger partial charge on any atom is -0.436 e. The van der Waals surface area contributed by atoms with Crippen LogP contribution in [0.4, 0.5) is 13.2 Å². The van der Waals surface area contributed by atoms with Crippen molar-refractivity contribution in [1.82, 2.24) is 4.98 Å². The minimum absolute atomic E-state index is 0.347. The van der Waals surface area contributed by atoms with E-state index < -0.39 is 11.7 Å². The fourth-order valence-electron chi connectivity index (χ4n) is 2.19. The normalized spacial score (nSPS) is 12.8. The van der Waals surface area contributed by atoms with Crippen molar-refractivity contribution < 1.29 is 17.6 Å². The van der Waals surface area contributed by atoms with E-state index in [-0.39, 0.29) is 0 Å². The van der Waals surface area contributed by atoms with Gasteiger partial charge in [-0.25, -0.2) is 4.98 Å². The molecule has 0 atom stereocenters. The molecule has 0 aliphatic rings. The van der Waals surface area contributed by atoms with Crippen molar-refractivity contribution in [2.45, 2.75) is 13.1 Å². The molecular formula is C17H11ClF3NO. The molecule has 0 unspecified atom stereocenters. The number of hydrogen-bond acceptors (Lipinski definition) is 2. The number of hydrogen-bond donors (Lipinski definition) is 0. The van der Waals surface area contributed by atoms with Gasteiger partial charge in [0.2, 0.25) is 5.89 Å². The Morgan fingerprint density at radius 2 is 1.96 bits per heavy atom. The van der Waals surface area contributed by atoms with Crippen LogP contribution < -0.4 is 0 Å². The predicted molar refractivity (Wildman–Crippen MR) is 84.0 cm³/mol. The Hall–Kier alpha value is -2.27. The zero-order valence-electron chi connectivity index (χ0n) is 12.0. The molecule has 23 heavy (non-hydrogen) atoms. The molecule has 2 nitrogen and oxygen atoms in total. The summed E-state index contributed by atoms with van der Waals surface area (Å²) in [6, 6.07) is 10.1. The lowest BCUT2D eigenvalue weighted by Crippen LogP contribution is -2.04. The average molecular weight is 338 g/mol. The third-order valence-corrected chi connectivity index (χ3v) is 3.52.